The van der Waals surface area contributed by atoms with Crippen molar-refractivity contribution in [3.63, 3.8) is 0 Å². The van der Waals surface area contributed by atoms with Crippen molar-refractivity contribution in [3.8, 4) is 0 Å². The van der Waals surface area contributed by atoms with Gasteiger partial charge in [0.1, 0.15) is 0 Å². The minimum Gasteiger partial charge on any atom is -0.353 e. The van der Waals surface area contributed by atoms with Gasteiger partial charge in [0.05, 0.1) is 12.1 Å². The van der Waals surface area contributed by atoms with Crippen LogP contribution in [0.1, 0.15) is 27.7 Å². The first kappa shape index (κ1) is 16.2. The molecule has 1 atom stereocenters. The molecule has 0 saturated carbocycles. The van der Waals surface area contributed by atoms with Crippen molar-refractivity contribution in [2.45, 2.75) is 45.7 Å². The molecule has 0 aromatic rings. The molecule has 0 aliphatic carbocycles. The van der Waals surface area contributed by atoms with Crippen molar-refractivity contribution in [1.29, 1.82) is 0 Å². The lowest BCUT2D eigenvalue weighted by molar-refractivity contribution is -0.178. The van der Waals surface area contributed by atoms with E-state index in [1.54, 1.807) is 13.8 Å². The van der Waals surface area contributed by atoms with Crippen LogP contribution in [0.4, 0.5) is 13.2 Å². The Kier molecular flexibility index (Phi) is 5.91. The molecule has 1 unspecified atom stereocenters. The van der Waals surface area contributed by atoms with Crippen molar-refractivity contribution >= 4 is 5.91 Å². The van der Waals surface area contributed by atoms with Gasteiger partial charge in [-0.3, -0.25) is 4.79 Å². The van der Waals surface area contributed by atoms with Crippen LogP contribution in [0.15, 0.2) is 0 Å². The van der Waals surface area contributed by atoms with Gasteiger partial charge < -0.3 is 14.8 Å². The summed E-state index contributed by atoms with van der Waals surface area (Å²) in [6.07, 6.45) is -5.41. The summed E-state index contributed by atoms with van der Waals surface area (Å²) in [5, 5.41) is 1.85. The van der Waals surface area contributed by atoms with E-state index in [-0.39, 0.29) is 6.61 Å². The lowest BCUT2D eigenvalue weighted by Gasteiger charge is -2.28. The van der Waals surface area contributed by atoms with E-state index in [2.05, 4.69) is 0 Å². The highest BCUT2D eigenvalue weighted by Gasteiger charge is 2.41. The third kappa shape index (κ3) is 7.17. The van der Waals surface area contributed by atoms with Crippen LogP contribution in [0.3, 0.4) is 0 Å². The second kappa shape index (κ2) is 6.20. The second-order valence-corrected chi connectivity index (χ2v) is 4.17. The summed E-state index contributed by atoms with van der Waals surface area (Å²) in [4.78, 5) is 10.7. The molecular weight excluding hydrogens is 239 g/mol. The lowest BCUT2D eigenvalue weighted by Crippen LogP contribution is -2.52. The fourth-order valence-electron chi connectivity index (χ4n) is 1.02. The molecule has 17 heavy (non-hydrogen) atoms. The van der Waals surface area contributed by atoms with E-state index in [1.165, 1.54) is 13.8 Å². The second-order valence-electron chi connectivity index (χ2n) is 4.17. The quantitative estimate of drug-likeness (QED) is 0.739. The van der Waals surface area contributed by atoms with E-state index in [0.717, 1.165) is 0 Å². The van der Waals surface area contributed by atoms with Crippen LogP contribution in [0.25, 0.3) is 0 Å². The molecule has 102 valence electrons. The number of hydrogen-bond donors (Lipinski definition) is 1. The van der Waals surface area contributed by atoms with Crippen molar-refractivity contribution in [3.05, 3.63) is 0 Å². The standard InChI is InChI=1S/C10H18F3NO3/c1-5-16-7(2)17-6-9(3,4)14-8(15)10(11,12)13/h7H,5-6H2,1-4H3,(H,14,15). The fraction of sp³-hybridized carbons (Fsp3) is 0.900. The van der Waals surface area contributed by atoms with Gasteiger partial charge in [0, 0.05) is 6.61 Å². The zero-order valence-electron chi connectivity index (χ0n) is 10.4. The Hall–Kier alpha value is -0.820. The van der Waals surface area contributed by atoms with Crippen LogP contribution in [-0.4, -0.2) is 37.1 Å². The fourth-order valence-corrected chi connectivity index (χ4v) is 1.02. The van der Waals surface area contributed by atoms with Gasteiger partial charge >= 0.3 is 12.1 Å². The summed E-state index contributed by atoms with van der Waals surface area (Å²) in [7, 11) is 0. The Balaban J connectivity index is 4.16. The van der Waals surface area contributed by atoms with Crippen LogP contribution < -0.4 is 5.32 Å². The first-order valence-corrected chi connectivity index (χ1v) is 5.21. The zero-order chi connectivity index (χ0) is 13.7. The Morgan fingerprint density at radius 1 is 1.29 bits per heavy atom. The van der Waals surface area contributed by atoms with Crippen LogP contribution in [0, 0.1) is 0 Å². The Bertz CT molecular complexity index is 254. The SMILES string of the molecule is CCOC(C)OCC(C)(C)NC(=O)C(F)(F)F. The van der Waals surface area contributed by atoms with Gasteiger partial charge in [-0.2, -0.15) is 13.2 Å². The average Bonchev–Trinajstić information content (AvgIpc) is 2.13. The third-order valence-corrected chi connectivity index (χ3v) is 1.79. The van der Waals surface area contributed by atoms with Crippen molar-refractivity contribution in [1.82, 2.24) is 5.32 Å². The zero-order valence-corrected chi connectivity index (χ0v) is 10.4. The van der Waals surface area contributed by atoms with Gasteiger partial charge in [0.25, 0.3) is 0 Å². The number of ether oxygens (including phenoxy) is 2. The summed E-state index contributed by atoms with van der Waals surface area (Å²) in [6.45, 7) is 6.65. The molecule has 7 heteroatoms. The summed E-state index contributed by atoms with van der Waals surface area (Å²) in [6, 6.07) is 0. The number of alkyl halides is 3. The first-order valence-electron chi connectivity index (χ1n) is 5.21. The molecule has 0 rings (SSSR count). The minimum atomic E-state index is -4.89. The Morgan fingerprint density at radius 3 is 2.24 bits per heavy atom. The average molecular weight is 257 g/mol. The number of carbonyl (C=O) groups excluding carboxylic acids is 1. The molecule has 4 nitrogen and oxygen atoms in total. The largest absolute Gasteiger partial charge is 0.471 e. The molecular formula is C10H18F3NO3. The van der Waals surface area contributed by atoms with Gasteiger partial charge in [-0.05, 0) is 27.7 Å². The van der Waals surface area contributed by atoms with E-state index >= 15 is 0 Å². The van der Waals surface area contributed by atoms with Gasteiger partial charge in [0.15, 0.2) is 6.29 Å². The topological polar surface area (TPSA) is 47.6 Å². The van der Waals surface area contributed by atoms with Crippen molar-refractivity contribution in [2.24, 2.45) is 0 Å². The summed E-state index contributed by atoms with van der Waals surface area (Å²) in [5.41, 5.74) is -1.11. The molecule has 0 radical (unpaired) electrons. The third-order valence-electron chi connectivity index (χ3n) is 1.79. The molecule has 0 aliphatic heterocycles. The predicted octanol–water partition coefficient (Wildman–Crippen LogP) is 1.84. The molecule has 0 bridgehead atoms. The highest BCUT2D eigenvalue weighted by Crippen LogP contribution is 2.16. The number of halogens is 3. The van der Waals surface area contributed by atoms with Crippen LogP contribution >= 0.6 is 0 Å². The lowest BCUT2D eigenvalue weighted by atomic mass is 10.1. The Morgan fingerprint density at radius 2 is 1.82 bits per heavy atom. The summed E-state index contributed by atoms with van der Waals surface area (Å²) < 4.78 is 46.3. The van der Waals surface area contributed by atoms with Crippen LogP contribution in [-0.2, 0) is 14.3 Å². The molecule has 0 aromatic heterocycles. The summed E-state index contributed by atoms with van der Waals surface area (Å²) >= 11 is 0. The molecule has 0 heterocycles. The number of rotatable bonds is 6. The molecule has 0 fully saturated rings. The maximum atomic E-state index is 12.0. The number of nitrogens with one attached hydrogen (secondary N) is 1. The molecule has 0 aliphatic rings. The molecule has 0 aromatic carbocycles. The maximum Gasteiger partial charge on any atom is 0.471 e. The smallest absolute Gasteiger partial charge is 0.353 e. The van der Waals surface area contributed by atoms with Crippen LogP contribution in [0.2, 0.25) is 0 Å². The van der Waals surface area contributed by atoms with Gasteiger partial charge in [0.2, 0.25) is 0 Å². The van der Waals surface area contributed by atoms with Crippen molar-refractivity contribution in [2.75, 3.05) is 13.2 Å². The predicted molar refractivity (Wildman–Crippen MR) is 55.3 cm³/mol. The summed E-state index contributed by atoms with van der Waals surface area (Å²) in [5.74, 6) is -1.98. The van der Waals surface area contributed by atoms with E-state index < -0.39 is 23.9 Å². The highest BCUT2D eigenvalue weighted by molar-refractivity contribution is 5.82. The van der Waals surface area contributed by atoms with Gasteiger partial charge in [-0.25, -0.2) is 0 Å². The van der Waals surface area contributed by atoms with E-state index in [4.69, 9.17) is 9.47 Å². The first-order chi connectivity index (χ1) is 7.58. The van der Waals surface area contributed by atoms with E-state index in [1.807, 2.05) is 5.32 Å². The van der Waals surface area contributed by atoms with E-state index in [0.29, 0.717) is 6.61 Å². The molecule has 0 saturated heterocycles. The number of hydrogen-bond acceptors (Lipinski definition) is 3. The van der Waals surface area contributed by atoms with Crippen molar-refractivity contribution < 1.29 is 27.4 Å². The monoisotopic (exact) mass is 257 g/mol. The van der Waals surface area contributed by atoms with Crippen LogP contribution in [0.5, 0.6) is 0 Å². The van der Waals surface area contributed by atoms with Gasteiger partial charge in [-0.1, -0.05) is 0 Å². The molecule has 1 N–H and O–H groups in total. The number of amides is 1. The minimum absolute atomic E-state index is 0.0734. The van der Waals surface area contributed by atoms with E-state index in [9.17, 15) is 18.0 Å². The van der Waals surface area contributed by atoms with Gasteiger partial charge in [-0.15, -0.1) is 0 Å². The number of carbonyl (C=O) groups is 1. The highest BCUT2D eigenvalue weighted by atomic mass is 19.4. The molecule has 1 amide bonds. The maximum absolute atomic E-state index is 12.0. The molecule has 0 spiro atoms. The normalized spacial score (nSPS) is 14.5. The Labute approximate surface area is 98.5 Å².